The lowest BCUT2D eigenvalue weighted by molar-refractivity contribution is -0.384. The van der Waals surface area contributed by atoms with Gasteiger partial charge in [-0.2, -0.15) is 0 Å². The smallest absolute Gasteiger partial charge is 0.415 e. The molecule has 68 heavy (non-hydrogen) atoms. The summed E-state index contributed by atoms with van der Waals surface area (Å²) in [6.45, 7) is 3.90. The Kier molecular flexibility index (Phi) is 17.5. The average Bonchev–Trinajstić information content (AvgIpc) is 3.35. The fourth-order valence-electron chi connectivity index (χ4n) is 9.76. The van der Waals surface area contributed by atoms with Gasteiger partial charge in [-0.05, 0) is 91.1 Å². The minimum absolute atomic E-state index is 0.00649. The number of amides is 1. The number of hydrogen-bond donors (Lipinski definition) is 3. The number of aldehydes is 1. The lowest BCUT2D eigenvalue weighted by Crippen LogP contribution is -2.70. The van der Waals surface area contributed by atoms with Crippen molar-refractivity contribution in [3.8, 4) is 23.0 Å². The van der Waals surface area contributed by atoms with Crippen molar-refractivity contribution in [2.24, 2.45) is 22.9 Å². The van der Waals surface area contributed by atoms with Crippen LogP contribution in [-0.2, 0) is 20.9 Å². The van der Waals surface area contributed by atoms with E-state index >= 15 is 0 Å². The Labute approximate surface area is 395 Å². The zero-order chi connectivity index (χ0) is 47.9. The lowest BCUT2D eigenvalue weighted by Gasteiger charge is -2.59. The SMILES string of the molecule is C=CCOC12Oc3ccc(Oc4cccc(C=O)c4)cc3C3C(CCCCO)C(CCCCO)C=C(C(=NOCc4ccccc4)CC1N(CCOCCO)C(=O)Oc1ccc([N+](=O)[O-])cc1)C32. The van der Waals surface area contributed by atoms with Crippen LogP contribution in [0.5, 0.6) is 23.0 Å². The van der Waals surface area contributed by atoms with Crippen LogP contribution in [0, 0.1) is 27.9 Å². The minimum Gasteiger partial charge on any atom is -0.459 e. The van der Waals surface area contributed by atoms with Crippen LogP contribution < -0.4 is 14.2 Å². The third-order valence-electron chi connectivity index (χ3n) is 12.7. The van der Waals surface area contributed by atoms with Gasteiger partial charge in [0.25, 0.3) is 5.69 Å². The minimum atomic E-state index is -1.65. The summed E-state index contributed by atoms with van der Waals surface area (Å²) in [4.78, 5) is 45.2. The normalized spacial score (nSPS) is 21.9. The fourth-order valence-corrected chi connectivity index (χ4v) is 9.76. The summed E-state index contributed by atoms with van der Waals surface area (Å²) >= 11 is 0. The van der Waals surface area contributed by atoms with E-state index in [0.29, 0.717) is 54.2 Å². The van der Waals surface area contributed by atoms with E-state index in [2.05, 4.69) is 12.7 Å². The monoisotopic (exact) mass is 933 g/mol. The maximum atomic E-state index is 14.8. The summed E-state index contributed by atoms with van der Waals surface area (Å²) < 4.78 is 32.5. The molecule has 0 aromatic heterocycles. The molecule has 0 radical (unpaired) electrons. The van der Waals surface area contributed by atoms with E-state index in [-0.39, 0.29) is 88.4 Å². The van der Waals surface area contributed by atoms with Gasteiger partial charge in [-0.1, -0.05) is 72.6 Å². The Bertz CT molecular complexity index is 2390. The van der Waals surface area contributed by atoms with Gasteiger partial charge in [0.15, 0.2) is 0 Å². The molecule has 4 aromatic carbocycles. The number of nitrogens with zero attached hydrogens (tertiary/aromatic N) is 3. The number of non-ortho nitro benzene ring substituents is 1. The first-order chi connectivity index (χ1) is 33.2. The number of ether oxygens (including phenoxy) is 5. The van der Waals surface area contributed by atoms with Gasteiger partial charge >= 0.3 is 6.09 Å². The number of oxime groups is 1. The highest BCUT2D eigenvalue weighted by Crippen LogP contribution is 2.62. The number of unbranched alkanes of at least 4 members (excludes halogenated alkanes) is 2. The number of nitro groups is 1. The van der Waals surface area contributed by atoms with E-state index in [1.54, 1.807) is 36.4 Å². The third kappa shape index (κ3) is 11.6. The lowest BCUT2D eigenvalue weighted by atomic mass is 9.55. The van der Waals surface area contributed by atoms with Gasteiger partial charge in [0.1, 0.15) is 41.9 Å². The summed E-state index contributed by atoms with van der Waals surface area (Å²) in [6.07, 6.45) is 7.90. The van der Waals surface area contributed by atoms with Crippen LogP contribution in [0.2, 0.25) is 0 Å². The molecule has 1 heterocycles. The Morgan fingerprint density at radius 1 is 0.897 bits per heavy atom. The molecule has 2 aliphatic carbocycles. The summed E-state index contributed by atoms with van der Waals surface area (Å²) in [7, 11) is 0. The van der Waals surface area contributed by atoms with E-state index in [4.69, 9.17) is 33.7 Å². The Morgan fingerprint density at radius 3 is 2.37 bits per heavy atom. The standard InChI is InChI=1S/C52H59N3O13/c1-2-27-64-52-48(54(23-28-63-29-26-58)51(60)67-40-19-17-39(18-20-40)55(61)62)33-46(53-65-35-36-11-4-3-5-12-36)44-31-38(14-6-8-24-56)43(16-7-9-25-57)49(50(44)52)45-32-42(21-22-47(45)68-52)66-41-15-10-13-37(30-41)34-59/h2-5,10-13,15,17-22,30-32,34,38,43,48-50,56-58H,1,6-9,14,16,23-29,33,35H2. The van der Waals surface area contributed by atoms with Crippen molar-refractivity contribution in [3.05, 3.63) is 148 Å². The Morgan fingerprint density at radius 2 is 1.65 bits per heavy atom. The molecule has 1 amide bonds. The molecule has 3 N–H and O–H groups in total. The number of fused-ring (bicyclic) bond motifs is 2. The maximum Gasteiger partial charge on any atom is 0.415 e. The maximum absolute atomic E-state index is 14.8. The molecule has 0 saturated heterocycles. The average molecular weight is 934 g/mol. The second kappa shape index (κ2) is 24.0. The van der Waals surface area contributed by atoms with Gasteiger partial charge in [0, 0.05) is 55.4 Å². The first-order valence-electron chi connectivity index (χ1n) is 23.1. The fraction of sp³-hybridized carbons (Fsp3) is 0.404. The molecule has 1 aliphatic heterocycles. The van der Waals surface area contributed by atoms with Crippen molar-refractivity contribution in [1.82, 2.24) is 4.90 Å². The predicted octanol–water partition coefficient (Wildman–Crippen LogP) is 8.54. The van der Waals surface area contributed by atoms with Gasteiger partial charge in [-0.3, -0.25) is 19.8 Å². The van der Waals surface area contributed by atoms with Crippen LogP contribution in [0.3, 0.4) is 0 Å². The molecule has 1 saturated carbocycles. The predicted molar refractivity (Wildman–Crippen MR) is 252 cm³/mol. The zero-order valence-corrected chi connectivity index (χ0v) is 37.9. The number of aliphatic hydroxyl groups excluding tert-OH is 3. The summed E-state index contributed by atoms with van der Waals surface area (Å²) in [6, 6.07) is 26.2. The van der Waals surface area contributed by atoms with Crippen molar-refractivity contribution in [2.45, 2.75) is 69.3 Å². The molecule has 1 fully saturated rings. The van der Waals surface area contributed by atoms with Gasteiger partial charge in [0.05, 0.1) is 43.0 Å². The second-order valence-electron chi connectivity index (χ2n) is 17.0. The van der Waals surface area contributed by atoms with Gasteiger partial charge in [-0.25, -0.2) is 4.79 Å². The Hall–Kier alpha value is -6.43. The van der Waals surface area contributed by atoms with Crippen LogP contribution in [0.25, 0.3) is 0 Å². The molecular weight excluding hydrogens is 875 g/mol. The van der Waals surface area contributed by atoms with Crippen molar-refractivity contribution >= 4 is 23.8 Å². The number of hydrogen-bond acceptors (Lipinski definition) is 14. The van der Waals surface area contributed by atoms with E-state index in [1.165, 1.54) is 29.2 Å². The summed E-state index contributed by atoms with van der Waals surface area (Å²) in [5.74, 6) is -1.31. The molecule has 360 valence electrons. The first kappa shape index (κ1) is 49.5. The number of carbonyl (C=O) groups excluding carboxylic acids is 2. The molecule has 4 aromatic rings. The number of carbonyl (C=O) groups is 2. The molecule has 0 bridgehead atoms. The van der Waals surface area contributed by atoms with E-state index in [9.17, 15) is 35.0 Å². The Balaban J connectivity index is 1.43. The molecule has 3 aliphatic rings. The van der Waals surface area contributed by atoms with Crippen LogP contribution in [0.1, 0.15) is 72.3 Å². The van der Waals surface area contributed by atoms with Gasteiger partial charge < -0.3 is 43.8 Å². The van der Waals surface area contributed by atoms with Crippen LogP contribution in [0.15, 0.2) is 127 Å². The van der Waals surface area contributed by atoms with Crippen LogP contribution in [0.4, 0.5) is 10.5 Å². The molecule has 0 spiro atoms. The molecule has 7 rings (SSSR count). The first-order valence-corrected chi connectivity index (χ1v) is 23.1. The van der Waals surface area contributed by atoms with Gasteiger partial charge in [0.2, 0.25) is 5.79 Å². The van der Waals surface area contributed by atoms with Crippen molar-refractivity contribution in [3.63, 3.8) is 0 Å². The van der Waals surface area contributed by atoms with E-state index in [0.717, 1.165) is 35.8 Å². The number of nitro benzene ring substituents is 1. The summed E-state index contributed by atoms with van der Waals surface area (Å²) in [5, 5.41) is 46.0. The quantitative estimate of drug-likeness (QED) is 0.0187. The molecule has 16 nitrogen and oxygen atoms in total. The number of allylic oxidation sites excluding steroid dienone is 1. The highest BCUT2D eigenvalue weighted by atomic mass is 16.7. The largest absolute Gasteiger partial charge is 0.459 e. The van der Waals surface area contributed by atoms with Crippen molar-refractivity contribution < 1.29 is 58.4 Å². The number of benzene rings is 4. The molecule has 6 unspecified atom stereocenters. The van der Waals surface area contributed by atoms with Crippen molar-refractivity contribution in [2.75, 3.05) is 46.2 Å². The van der Waals surface area contributed by atoms with Gasteiger partial charge in [-0.15, -0.1) is 6.58 Å². The number of rotatable bonds is 25. The highest BCUT2D eigenvalue weighted by molar-refractivity contribution is 6.03. The van der Waals surface area contributed by atoms with Crippen LogP contribution >= 0.6 is 0 Å². The molecular formula is C52H59N3O13. The van der Waals surface area contributed by atoms with Crippen LogP contribution in [-0.4, -0.2) is 101 Å². The van der Waals surface area contributed by atoms with E-state index < -0.39 is 28.8 Å². The number of aliphatic hydroxyl groups is 3. The van der Waals surface area contributed by atoms with E-state index in [1.807, 2.05) is 42.5 Å². The molecule has 6 atom stereocenters. The second-order valence-corrected chi connectivity index (χ2v) is 17.0. The molecule has 16 heteroatoms. The zero-order valence-electron chi connectivity index (χ0n) is 37.9. The van der Waals surface area contributed by atoms with Crippen molar-refractivity contribution in [1.29, 1.82) is 0 Å². The topological polar surface area (TPSA) is 209 Å². The summed E-state index contributed by atoms with van der Waals surface area (Å²) in [5.41, 5.74) is 3.35. The highest BCUT2D eigenvalue weighted by Gasteiger charge is 2.65. The third-order valence-corrected chi connectivity index (χ3v) is 12.7.